The molecule has 0 spiro atoms. The summed E-state index contributed by atoms with van der Waals surface area (Å²) in [5, 5.41) is 13.4. The molecule has 0 N–H and O–H groups in total. The molecule has 73 heavy (non-hydrogen) atoms. The van der Waals surface area contributed by atoms with Gasteiger partial charge in [-0.25, -0.2) is 4.85 Å². The molecule has 1 aliphatic rings. The monoisotopic (exact) mass is 932 g/mol. The number of hydrogen-bond acceptors (Lipinski definition) is 3. The molecule has 0 aliphatic heterocycles. The molecular formula is C69H48N4. The zero-order valence-electron chi connectivity index (χ0n) is 40.5. The van der Waals surface area contributed by atoms with Crippen LogP contribution in [0.5, 0.6) is 0 Å². The third-order valence-corrected chi connectivity index (χ3v) is 14.4. The van der Waals surface area contributed by atoms with E-state index in [4.69, 9.17) is 6.57 Å². The molecule has 12 rings (SSSR count). The second-order valence-corrected chi connectivity index (χ2v) is 19.1. The smallest absolute Gasteiger partial charge is 0.211 e. The van der Waals surface area contributed by atoms with Crippen LogP contribution in [-0.4, -0.2) is 0 Å². The molecule has 11 aromatic rings. The van der Waals surface area contributed by atoms with E-state index in [2.05, 4.69) is 217 Å². The standard InChI is InChI=1S/C69H48N4/c1-69(2)64-45-58(72(55-30-18-8-19-31-55)67-54(46-70)40-52(47-22-10-4-11-23-47)42-62(67)49-26-14-6-15-27-49)36-39-60(64)61-37-34-51-41-57(35-38-59(51)66(61)69)73(56-32-20-9-21-33-56)68-63(50-28-16-7-17-29-50)43-53(44-65(68)71-3)48-24-12-5-13-25-48/h4-45H,1-2H3. The summed E-state index contributed by atoms with van der Waals surface area (Å²) in [7, 11) is 0. The summed E-state index contributed by atoms with van der Waals surface area (Å²) >= 11 is 0. The summed E-state index contributed by atoms with van der Waals surface area (Å²) in [5.41, 5.74) is 19.3. The largest absolute Gasteiger partial charge is 0.320 e. The summed E-state index contributed by atoms with van der Waals surface area (Å²) in [5.74, 6) is 0. The van der Waals surface area contributed by atoms with Crippen molar-refractivity contribution in [2.24, 2.45) is 0 Å². The first-order valence-corrected chi connectivity index (χ1v) is 24.7. The van der Waals surface area contributed by atoms with Crippen LogP contribution in [0.15, 0.2) is 255 Å². The van der Waals surface area contributed by atoms with Gasteiger partial charge >= 0.3 is 0 Å². The highest BCUT2D eigenvalue weighted by Crippen LogP contribution is 2.55. The fourth-order valence-corrected chi connectivity index (χ4v) is 11.1. The van der Waals surface area contributed by atoms with E-state index >= 15 is 0 Å². The third kappa shape index (κ3) is 7.89. The SMILES string of the molecule is [C-]#[N+]c1cc(-c2ccccc2)cc(-c2ccccc2)c1N(c1ccccc1)c1ccc2c3c(ccc2c1)-c1ccc(N(c2ccccc2)c2c(C#N)cc(-c4ccccc4)cc2-c2ccccc2)cc1C3(C)C. The quantitative estimate of drug-likeness (QED) is 0.128. The minimum atomic E-state index is -0.397. The maximum Gasteiger partial charge on any atom is 0.211 e. The first-order valence-electron chi connectivity index (χ1n) is 24.7. The van der Waals surface area contributed by atoms with Crippen LogP contribution in [-0.2, 0) is 5.41 Å². The second kappa shape index (κ2) is 18.5. The molecule has 0 saturated carbocycles. The Morgan fingerprint density at radius 3 is 1.38 bits per heavy atom. The van der Waals surface area contributed by atoms with Gasteiger partial charge in [0.1, 0.15) is 6.07 Å². The van der Waals surface area contributed by atoms with E-state index in [-0.39, 0.29) is 0 Å². The third-order valence-electron chi connectivity index (χ3n) is 14.4. The van der Waals surface area contributed by atoms with E-state index in [1.807, 2.05) is 72.8 Å². The molecule has 0 unspecified atom stereocenters. The molecule has 0 atom stereocenters. The number of nitrogens with zero attached hydrogens (tertiary/aromatic N) is 4. The van der Waals surface area contributed by atoms with Crippen LogP contribution in [0.2, 0.25) is 0 Å². The van der Waals surface area contributed by atoms with E-state index in [0.29, 0.717) is 11.3 Å². The van der Waals surface area contributed by atoms with Crippen molar-refractivity contribution in [1.29, 1.82) is 5.26 Å². The highest BCUT2D eigenvalue weighted by Gasteiger charge is 2.38. The average molecular weight is 933 g/mol. The van der Waals surface area contributed by atoms with Crippen LogP contribution in [0.25, 0.3) is 71.3 Å². The van der Waals surface area contributed by atoms with Crippen LogP contribution >= 0.6 is 0 Å². The van der Waals surface area contributed by atoms with Crippen molar-refractivity contribution < 1.29 is 0 Å². The van der Waals surface area contributed by atoms with Gasteiger partial charge in [-0.1, -0.05) is 196 Å². The van der Waals surface area contributed by atoms with Crippen molar-refractivity contribution in [3.05, 3.63) is 283 Å². The minimum Gasteiger partial charge on any atom is -0.320 e. The van der Waals surface area contributed by atoms with Gasteiger partial charge in [0, 0.05) is 33.7 Å². The van der Waals surface area contributed by atoms with Crippen molar-refractivity contribution in [1.82, 2.24) is 0 Å². The second-order valence-electron chi connectivity index (χ2n) is 19.1. The number of hydrogen-bond donors (Lipinski definition) is 0. The number of benzene rings is 11. The predicted octanol–water partition coefficient (Wildman–Crippen LogP) is 19.2. The van der Waals surface area contributed by atoms with Gasteiger partial charge in [0.15, 0.2) is 0 Å². The van der Waals surface area contributed by atoms with Gasteiger partial charge in [-0.05, 0) is 145 Å². The highest BCUT2D eigenvalue weighted by molar-refractivity contribution is 6.04. The molecule has 0 radical (unpaired) electrons. The Morgan fingerprint density at radius 1 is 0.397 bits per heavy atom. The summed E-state index contributed by atoms with van der Waals surface area (Å²) in [4.78, 5) is 8.79. The fraction of sp³-hybridized carbons (Fsp3) is 0.0435. The highest BCUT2D eigenvalue weighted by atomic mass is 15.2. The molecule has 4 heteroatoms. The summed E-state index contributed by atoms with van der Waals surface area (Å²) < 4.78 is 0. The predicted molar refractivity (Wildman–Crippen MR) is 304 cm³/mol. The molecule has 4 nitrogen and oxygen atoms in total. The molecule has 1 aliphatic carbocycles. The van der Waals surface area contributed by atoms with Crippen LogP contribution in [0.1, 0.15) is 30.5 Å². The maximum absolute atomic E-state index is 11.1. The Morgan fingerprint density at radius 2 is 0.849 bits per heavy atom. The minimum absolute atomic E-state index is 0.397. The van der Waals surface area contributed by atoms with Crippen molar-refractivity contribution in [2.75, 3.05) is 9.80 Å². The lowest BCUT2D eigenvalue weighted by Crippen LogP contribution is -2.18. The first kappa shape index (κ1) is 44.5. The van der Waals surface area contributed by atoms with Crippen LogP contribution in [0.3, 0.4) is 0 Å². The summed E-state index contributed by atoms with van der Waals surface area (Å²) in [6.45, 7) is 13.4. The van der Waals surface area contributed by atoms with Gasteiger partial charge in [0.2, 0.25) is 5.69 Å². The van der Waals surface area contributed by atoms with E-state index < -0.39 is 5.41 Å². The first-order chi connectivity index (χ1) is 35.9. The van der Waals surface area contributed by atoms with Crippen LogP contribution < -0.4 is 9.80 Å². The Kier molecular flexibility index (Phi) is 11.3. The van der Waals surface area contributed by atoms with Crippen molar-refractivity contribution in [2.45, 2.75) is 19.3 Å². The molecule has 11 aromatic carbocycles. The Hall–Kier alpha value is -9.74. The lowest BCUT2D eigenvalue weighted by molar-refractivity contribution is 0.666. The topological polar surface area (TPSA) is 34.6 Å². The summed E-state index contributed by atoms with van der Waals surface area (Å²) in [6.07, 6.45) is 0. The van der Waals surface area contributed by atoms with Gasteiger partial charge in [-0.2, -0.15) is 5.26 Å². The lowest BCUT2D eigenvalue weighted by atomic mass is 9.80. The Balaban J connectivity index is 1.01. The number of para-hydroxylation sites is 2. The fourth-order valence-electron chi connectivity index (χ4n) is 11.1. The zero-order valence-corrected chi connectivity index (χ0v) is 40.5. The van der Waals surface area contributed by atoms with E-state index in [9.17, 15) is 5.26 Å². The molecule has 344 valence electrons. The van der Waals surface area contributed by atoms with Gasteiger partial charge in [0.05, 0.1) is 23.5 Å². The molecule has 0 heterocycles. The number of fused-ring (bicyclic) bond motifs is 5. The summed E-state index contributed by atoms with van der Waals surface area (Å²) in [6, 6.07) is 91.6. The van der Waals surface area contributed by atoms with Gasteiger partial charge in [0.25, 0.3) is 0 Å². The average Bonchev–Trinajstić information content (AvgIpc) is 3.69. The molecule has 0 saturated heterocycles. The molecule has 0 fully saturated rings. The van der Waals surface area contributed by atoms with Crippen molar-refractivity contribution in [3.8, 4) is 61.7 Å². The molecule has 0 amide bonds. The maximum atomic E-state index is 11.1. The lowest BCUT2D eigenvalue weighted by Gasteiger charge is -2.31. The normalized spacial score (nSPS) is 12.1. The van der Waals surface area contributed by atoms with Crippen molar-refractivity contribution in [3.63, 3.8) is 0 Å². The zero-order chi connectivity index (χ0) is 49.5. The number of nitriles is 1. The van der Waals surface area contributed by atoms with E-state index in [1.165, 1.54) is 27.6 Å². The Labute approximate surface area is 427 Å². The van der Waals surface area contributed by atoms with Gasteiger partial charge < -0.3 is 9.80 Å². The molecular weight excluding hydrogens is 885 g/mol. The van der Waals surface area contributed by atoms with Crippen molar-refractivity contribution >= 4 is 50.6 Å². The van der Waals surface area contributed by atoms with Gasteiger partial charge in [-0.3, -0.25) is 0 Å². The van der Waals surface area contributed by atoms with E-state index in [1.54, 1.807) is 0 Å². The van der Waals surface area contributed by atoms with E-state index in [0.717, 1.165) is 84.0 Å². The molecule has 0 bridgehead atoms. The van der Waals surface area contributed by atoms with Gasteiger partial charge in [-0.15, -0.1) is 0 Å². The molecule has 0 aromatic heterocycles. The van der Waals surface area contributed by atoms with Crippen LogP contribution in [0, 0.1) is 17.9 Å². The van der Waals surface area contributed by atoms with Crippen LogP contribution in [0.4, 0.5) is 39.8 Å². The number of rotatable bonds is 10. The Bertz CT molecular complexity index is 3930. The number of anilines is 6.